The molecule has 4 unspecified atom stereocenters. The molecule has 0 bridgehead atoms. The highest BCUT2D eigenvalue weighted by Crippen LogP contribution is 2.28. The number of carboxylic acids is 1. The Labute approximate surface area is 126 Å². The minimum Gasteiger partial charge on any atom is -0.480 e. The predicted molar refractivity (Wildman–Crippen MR) is 80.2 cm³/mol. The van der Waals surface area contributed by atoms with Gasteiger partial charge in [-0.15, -0.1) is 0 Å². The molecule has 0 saturated heterocycles. The normalized spacial score (nSPS) is 26.9. The first-order chi connectivity index (χ1) is 9.93. The van der Waals surface area contributed by atoms with E-state index >= 15 is 0 Å². The lowest BCUT2D eigenvalue weighted by Gasteiger charge is -2.33. The second-order valence-electron chi connectivity index (χ2n) is 6.15. The third-order valence-corrected chi connectivity index (χ3v) is 4.19. The first-order valence-corrected chi connectivity index (χ1v) is 7.72. The lowest BCUT2D eigenvalue weighted by atomic mass is 9.80. The van der Waals surface area contributed by atoms with Gasteiger partial charge in [-0.25, -0.2) is 9.59 Å². The third-order valence-electron chi connectivity index (χ3n) is 4.19. The molecule has 21 heavy (non-hydrogen) atoms. The van der Waals surface area contributed by atoms with Crippen molar-refractivity contribution < 1.29 is 19.4 Å². The van der Waals surface area contributed by atoms with Crippen LogP contribution in [0.15, 0.2) is 0 Å². The molecule has 4 atom stereocenters. The number of aliphatic carboxylic acids is 1. The Morgan fingerprint density at radius 1 is 1.33 bits per heavy atom. The van der Waals surface area contributed by atoms with E-state index in [1.54, 1.807) is 7.11 Å². The van der Waals surface area contributed by atoms with E-state index in [4.69, 9.17) is 9.84 Å². The molecule has 6 nitrogen and oxygen atoms in total. The number of carbonyl (C=O) groups is 2. The molecule has 0 aromatic carbocycles. The predicted octanol–water partition coefficient (Wildman–Crippen LogP) is 1.99. The summed E-state index contributed by atoms with van der Waals surface area (Å²) in [6.07, 6.45) is 4.13. The maximum absolute atomic E-state index is 12.0. The molecule has 0 aromatic rings. The summed E-state index contributed by atoms with van der Waals surface area (Å²) in [5.41, 5.74) is 0. The SMILES string of the molecule is COCCCC(NC(=O)NC1CCC(C)CC1C)C(=O)O. The molecule has 0 heterocycles. The minimum atomic E-state index is -1.01. The average Bonchev–Trinajstić information content (AvgIpc) is 2.41. The maximum Gasteiger partial charge on any atom is 0.326 e. The van der Waals surface area contributed by atoms with Crippen molar-refractivity contribution in [3.8, 4) is 0 Å². The molecule has 0 radical (unpaired) electrons. The van der Waals surface area contributed by atoms with E-state index in [1.807, 2.05) is 0 Å². The molecule has 2 amide bonds. The first-order valence-electron chi connectivity index (χ1n) is 7.72. The van der Waals surface area contributed by atoms with Crippen LogP contribution < -0.4 is 10.6 Å². The van der Waals surface area contributed by atoms with E-state index in [0.717, 1.165) is 19.3 Å². The molecule has 122 valence electrons. The van der Waals surface area contributed by atoms with E-state index in [1.165, 1.54) is 0 Å². The summed E-state index contributed by atoms with van der Waals surface area (Å²) in [7, 11) is 1.57. The van der Waals surface area contributed by atoms with Crippen molar-refractivity contribution in [3.05, 3.63) is 0 Å². The van der Waals surface area contributed by atoms with E-state index < -0.39 is 12.0 Å². The maximum atomic E-state index is 12.0. The highest BCUT2D eigenvalue weighted by Gasteiger charge is 2.27. The molecule has 0 spiro atoms. The molecular weight excluding hydrogens is 272 g/mol. The number of amides is 2. The molecule has 3 N–H and O–H groups in total. The van der Waals surface area contributed by atoms with Crippen LogP contribution in [-0.4, -0.2) is 42.9 Å². The van der Waals surface area contributed by atoms with Gasteiger partial charge in [0.05, 0.1) is 0 Å². The van der Waals surface area contributed by atoms with E-state index in [9.17, 15) is 9.59 Å². The van der Waals surface area contributed by atoms with Gasteiger partial charge in [0.2, 0.25) is 0 Å². The largest absolute Gasteiger partial charge is 0.480 e. The molecule has 0 aromatic heterocycles. The number of urea groups is 1. The number of hydrogen-bond donors (Lipinski definition) is 3. The van der Waals surface area contributed by atoms with Crippen LogP contribution in [0, 0.1) is 11.8 Å². The number of ether oxygens (including phenoxy) is 1. The van der Waals surface area contributed by atoms with Gasteiger partial charge >= 0.3 is 12.0 Å². The summed E-state index contributed by atoms with van der Waals surface area (Å²) in [5.74, 6) is 0.116. The Bertz CT molecular complexity index is 349. The molecule has 1 rings (SSSR count). The fourth-order valence-corrected chi connectivity index (χ4v) is 2.94. The van der Waals surface area contributed by atoms with Crippen molar-refractivity contribution >= 4 is 12.0 Å². The van der Waals surface area contributed by atoms with Crippen LogP contribution >= 0.6 is 0 Å². The van der Waals surface area contributed by atoms with Crippen LogP contribution in [0.4, 0.5) is 4.79 Å². The summed E-state index contributed by atoms with van der Waals surface area (Å²) in [6.45, 7) is 4.85. The van der Waals surface area contributed by atoms with Gasteiger partial charge < -0.3 is 20.5 Å². The number of hydrogen-bond acceptors (Lipinski definition) is 3. The molecule has 1 fully saturated rings. The number of nitrogens with one attached hydrogen (secondary N) is 2. The summed E-state index contributed by atoms with van der Waals surface area (Å²) in [6, 6.07) is -1.11. The van der Waals surface area contributed by atoms with Gasteiger partial charge in [-0.05, 0) is 43.9 Å². The van der Waals surface area contributed by atoms with Crippen molar-refractivity contribution in [1.29, 1.82) is 0 Å². The summed E-state index contributed by atoms with van der Waals surface area (Å²) >= 11 is 0. The first kappa shape index (κ1) is 17.8. The second-order valence-corrected chi connectivity index (χ2v) is 6.15. The van der Waals surface area contributed by atoms with Gasteiger partial charge in [0.15, 0.2) is 0 Å². The van der Waals surface area contributed by atoms with Gasteiger partial charge in [0, 0.05) is 19.8 Å². The smallest absolute Gasteiger partial charge is 0.326 e. The topological polar surface area (TPSA) is 87.7 Å². The number of carbonyl (C=O) groups excluding carboxylic acids is 1. The van der Waals surface area contributed by atoms with Gasteiger partial charge in [-0.1, -0.05) is 13.8 Å². The lowest BCUT2D eigenvalue weighted by molar-refractivity contribution is -0.139. The van der Waals surface area contributed by atoms with Gasteiger partial charge in [0.25, 0.3) is 0 Å². The van der Waals surface area contributed by atoms with E-state index in [-0.39, 0.29) is 12.1 Å². The summed E-state index contributed by atoms with van der Waals surface area (Å²) < 4.78 is 4.90. The molecular formula is C15H28N2O4. The van der Waals surface area contributed by atoms with E-state index in [2.05, 4.69) is 24.5 Å². The Kier molecular flexibility index (Phi) is 7.50. The van der Waals surface area contributed by atoms with Crippen LogP contribution in [0.3, 0.4) is 0 Å². The monoisotopic (exact) mass is 300 g/mol. The molecule has 0 aliphatic heterocycles. The fourth-order valence-electron chi connectivity index (χ4n) is 2.94. The fraction of sp³-hybridized carbons (Fsp3) is 0.867. The molecule has 1 aliphatic carbocycles. The quantitative estimate of drug-likeness (QED) is 0.627. The summed E-state index contributed by atoms with van der Waals surface area (Å²) in [4.78, 5) is 23.1. The van der Waals surface area contributed by atoms with Crippen LogP contribution in [0.2, 0.25) is 0 Å². The highest BCUT2D eigenvalue weighted by atomic mass is 16.5. The van der Waals surface area contributed by atoms with Crippen molar-refractivity contribution in [1.82, 2.24) is 10.6 Å². The van der Waals surface area contributed by atoms with Crippen molar-refractivity contribution in [2.45, 2.75) is 58.0 Å². The Morgan fingerprint density at radius 3 is 2.62 bits per heavy atom. The number of methoxy groups -OCH3 is 1. The van der Waals surface area contributed by atoms with Crippen LogP contribution in [0.1, 0.15) is 46.0 Å². The minimum absolute atomic E-state index is 0.134. The Morgan fingerprint density at radius 2 is 2.05 bits per heavy atom. The highest BCUT2D eigenvalue weighted by molar-refractivity contribution is 5.82. The average molecular weight is 300 g/mol. The molecule has 1 aliphatic rings. The number of carboxylic acid groups (broad SMARTS) is 1. The van der Waals surface area contributed by atoms with Crippen LogP contribution in [0.5, 0.6) is 0 Å². The van der Waals surface area contributed by atoms with Crippen LogP contribution in [0.25, 0.3) is 0 Å². The zero-order valence-corrected chi connectivity index (χ0v) is 13.2. The Hall–Kier alpha value is -1.30. The van der Waals surface area contributed by atoms with Crippen molar-refractivity contribution in [2.75, 3.05) is 13.7 Å². The van der Waals surface area contributed by atoms with Gasteiger partial charge in [-0.2, -0.15) is 0 Å². The van der Waals surface area contributed by atoms with Gasteiger partial charge in [0.1, 0.15) is 6.04 Å². The standard InChI is InChI=1S/C15H28N2O4/c1-10-6-7-12(11(2)9-10)16-15(20)17-13(14(18)19)5-4-8-21-3/h10-13H,4-9H2,1-3H3,(H,18,19)(H2,16,17,20). The molecule has 6 heteroatoms. The van der Waals surface area contributed by atoms with Crippen molar-refractivity contribution in [2.24, 2.45) is 11.8 Å². The van der Waals surface area contributed by atoms with E-state index in [0.29, 0.717) is 31.3 Å². The van der Waals surface area contributed by atoms with Gasteiger partial charge in [-0.3, -0.25) is 0 Å². The zero-order valence-electron chi connectivity index (χ0n) is 13.2. The molecule has 1 saturated carbocycles. The lowest BCUT2D eigenvalue weighted by Crippen LogP contribution is -2.51. The second kappa shape index (κ2) is 8.87. The number of rotatable bonds is 7. The Balaban J connectivity index is 2.40. The van der Waals surface area contributed by atoms with Crippen LogP contribution in [-0.2, 0) is 9.53 Å². The summed E-state index contributed by atoms with van der Waals surface area (Å²) in [5, 5.41) is 14.6. The zero-order chi connectivity index (χ0) is 15.8. The third kappa shape index (κ3) is 6.33. The van der Waals surface area contributed by atoms with Crippen molar-refractivity contribution in [3.63, 3.8) is 0 Å².